The second-order valence-corrected chi connectivity index (χ2v) is 8.91. The van der Waals surface area contributed by atoms with Crippen LogP contribution in [0.3, 0.4) is 0 Å². The quantitative estimate of drug-likeness (QED) is 0.536. The Morgan fingerprint density at radius 2 is 1.97 bits per heavy atom. The van der Waals surface area contributed by atoms with Gasteiger partial charge in [0, 0.05) is 24.4 Å². The van der Waals surface area contributed by atoms with Crippen LogP contribution in [-0.4, -0.2) is 42.1 Å². The highest BCUT2D eigenvalue weighted by atomic mass is 32.1. The van der Waals surface area contributed by atoms with Crippen molar-refractivity contribution in [3.63, 3.8) is 0 Å². The molecule has 0 saturated carbocycles. The van der Waals surface area contributed by atoms with Gasteiger partial charge in [-0.2, -0.15) is 0 Å². The van der Waals surface area contributed by atoms with Crippen LogP contribution in [0.5, 0.6) is 0 Å². The highest BCUT2D eigenvalue weighted by Crippen LogP contribution is 2.29. The van der Waals surface area contributed by atoms with E-state index in [-0.39, 0.29) is 24.9 Å². The van der Waals surface area contributed by atoms with Gasteiger partial charge in [-0.05, 0) is 36.2 Å². The molecule has 176 valence electrons. The highest BCUT2D eigenvalue weighted by Gasteiger charge is 2.32. The molecule has 0 unspecified atom stereocenters. The normalized spacial score (nSPS) is 15.2. The van der Waals surface area contributed by atoms with Crippen LogP contribution in [0, 0.1) is 12.7 Å². The van der Waals surface area contributed by atoms with Gasteiger partial charge in [0.15, 0.2) is 0 Å². The molecule has 2 N–H and O–H groups in total. The molecule has 1 aliphatic rings. The van der Waals surface area contributed by atoms with Gasteiger partial charge in [-0.1, -0.05) is 24.3 Å². The average molecular weight is 483 g/mol. The number of aromatic nitrogens is 1. The number of amides is 3. The van der Waals surface area contributed by atoms with Crippen LogP contribution >= 0.6 is 11.3 Å². The molecular weight excluding hydrogens is 459 g/mol. The van der Waals surface area contributed by atoms with Gasteiger partial charge in [0.05, 0.1) is 23.8 Å². The van der Waals surface area contributed by atoms with Gasteiger partial charge in [0.1, 0.15) is 17.6 Å². The van der Waals surface area contributed by atoms with Crippen LogP contribution in [0.1, 0.15) is 28.0 Å². The predicted molar refractivity (Wildman–Crippen MR) is 126 cm³/mol. The van der Waals surface area contributed by atoms with Gasteiger partial charge in [-0.25, -0.2) is 14.2 Å². The van der Waals surface area contributed by atoms with E-state index in [9.17, 15) is 18.8 Å². The Kier molecular flexibility index (Phi) is 6.87. The van der Waals surface area contributed by atoms with E-state index in [2.05, 4.69) is 15.6 Å². The first-order valence-electron chi connectivity index (χ1n) is 10.6. The molecule has 1 fully saturated rings. The summed E-state index contributed by atoms with van der Waals surface area (Å²) in [4.78, 5) is 40.9. The maximum atomic E-state index is 14.9. The molecule has 3 amide bonds. The zero-order valence-electron chi connectivity index (χ0n) is 18.6. The number of benzene rings is 2. The van der Waals surface area contributed by atoms with Gasteiger partial charge in [0.2, 0.25) is 5.91 Å². The smallest absolute Gasteiger partial charge is 0.414 e. The maximum absolute atomic E-state index is 14.9. The molecule has 2 aromatic carbocycles. The Labute approximate surface area is 199 Å². The number of nitrogens with zero attached hydrogens (tertiary/aromatic N) is 2. The van der Waals surface area contributed by atoms with Crippen molar-refractivity contribution in [1.29, 1.82) is 0 Å². The number of hydrogen-bond donors (Lipinski definition) is 2. The first-order chi connectivity index (χ1) is 16.3. The Morgan fingerprint density at radius 1 is 1.21 bits per heavy atom. The first-order valence-corrected chi connectivity index (χ1v) is 11.5. The second-order valence-electron chi connectivity index (χ2n) is 7.85. The number of halogens is 1. The minimum Gasteiger partial charge on any atom is -0.442 e. The summed E-state index contributed by atoms with van der Waals surface area (Å²) in [6, 6.07) is 11.8. The van der Waals surface area contributed by atoms with Crippen molar-refractivity contribution in [2.45, 2.75) is 26.5 Å². The number of aryl methyl sites for hydroxylation is 1. The maximum Gasteiger partial charge on any atom is 0.414 e. The number of rotatable bonds is 7. The Bertz CT molecular complexity index is 1230. The number of hydrogen-bond acceptors (Lipinski definition) is 6. The van der Waals surface area contributed by atoms with E-state index in [0.29, 0.717) is 29.1 Å². The SMILES string of the molecule is CC(=O)NC[C@H]1CN(c2ccc(-c3ccc(CNC(=O)c4csc(C)n4)cc3)c(F)c2)C(=O)O1. The van der Waals surface area contributed by atoms with Crippen LogP contribution in [-0.2, 0) is 16.1 Å². The molecule has 8 nitrogen and oxygen atoms in total. The molecule has 0 spiro atoms. The zero-order valence-corrected chi connectivity index (χ0v) is 19.4. The number of cyclic esters (lactones) is 1. The number of carbonyl (C=O) groups is 3. The van der Waals surface area contributed by atoms with Crippen LogP contribution in [0.25, 0.3) is 11.1 Å². The molecule has 1 aliphatic heterocycles. The Hall–Kier alpha value is -3.79. The number of nitrogens with one attached hydrogen (secondary N) is 2. The van der Waals surface area contributed by atoms with Crippen LogP contribution in [0.4, 0.5) is 14.9 Å². The van der Waals surface area contributed by atoms with Gasteiger partial charge >= 0.3 is 6.09 Å². The summed E-state index contributed by atoms with van der Waals surface area (Å²) >= 11 is 1.42. The van der Waals surface area contributed by atoms with E-state index < -0.39 is 18.0 Å². The van der Waals surface area contributed by atoms with Gasteiger partial charge in [-0.3, -0.25) is 14.5 Å². The lowest BCUT2D eigenvalue weighted by Gasteiger charge is -2.15. The molecular formula is C24H23FN4O4S. The van der Waals surface area contributed by atoms with Crippen molar-refractivity contribution in [3.05, 3.63) is 69.9 Å². The Balaban J connectivity index is 1.39. The minimum atomic E-state index is -0.582. The molecule has 1 atom stereocenters. The number of anilines is 1. The third-order valence-electron chi connectivity index (χ3n) is 5.29. The minimum absolute atomic E-state index is 0.203. The van der Waals surface area contributed by atoms with Crippen molar-refractivity contribution in [1.82, 2.24) is 15.6 Å². The highest BCUT2D eigenvalue weighted by molar-refractivity contribution is 7.09. The lowest BCUT2D eigenvalue weighted by atomic mass is 10.0. The monoisotopic (exact) mass is 482 g/mol. The predicted octanol–water partition coefficient (Wildman–Crippen LogP) is 3.65. The molecule has 0 bridgehead atoms. The van der Waals surface area contributed by atoms with E-state index in [1.54, 1.807) is 29.6 Å². The largest absolute Gasteiger partial charge is 0.442 e. The third kappa shape index (κ3) is 5.40. The summed E-state index contributed by atoms with van der Waals surface area (Å²) < 4.78 is 20.1. The summed E-state index contributed by atoms with van der Waals surface area (Å²) in [5.74, 6) is -0.932. The van der Waals surface area contributed by atoms with Crippen LogP contribution < -0.4 is 15.5 Å². The average Bonchev–Trinajstić information content (AvgIpc) is 3.42. The molecule has 4 rings (SSSR count). The van der Waals surface area contributed by atoms with Crippen molar-refractivity contribution >= 4 is 34.9 Å². The van der Waals surface area contributed by atoms with Crippen molar-refractivity contribution in [2.75, 3.05) is 18.0 Å². The summed E-state index contributed by atoms with van der Waals surface area (Å²) in [6.07, 6.45) is -1.08. The van der Waals surface area contributed by atoms with Crippen molar-refractivity contribution in [3.8, 4) is 11.1 Å². The molecule has 1 saturated heterocycles. The number of thiazole rings is 1. The first kappa shape index (κ1) is 23.4. The standard InChI is InChI=1S/C24H23FN4O4S/c1-14(30)26-11-19-12-29(24(32)33-19)18-7-8-20(21(25)9-18)17-5-3-16(4-6-17)10-27-23(31)22-13-34-15(2)28-22/h3-9,13,19H,10-12H2,1-2H3,(H,26,30)(H,27,31)/t19-/m0/s1. The second kappa shape index (κ2) is 10.0. The fourth-order valence-corrected chi connectivity index (χ4v) is 4.14. The van der Waals surface area contributed by atoms with Gasteiger partial charge in [-0.15, -0.1) is 11.3 Å². The molecule has 10 heteroatoms. The summed E-state index contributed by atoms with van der Waals surface area (Å²) in [7, 11) is 0. The number of ether oxygens (including phenoxy) is 1. The van der Waals surface area contributed by atoms with Crippen molar-refractivity contribution < 1.29 is 23.5 Å². The van der Waals surface area contributed by atoms with Crippen LogP contribution in [0.15, 0.2) is 47.8 Å². The lowest BCUT2D eigenvalue weighted by Crippen LogP contribution is -2.33. The number of carbonyl (C=O) groups excluding carboxylic acids is 3. The molecule has 0 aliphatic carbocycles. The summed E-state index contributed by atoms with van der Waals surface area (Å²) in [6.45, 7) is 3.98. The zero-order chi connectivity index (χ0) is 24.2. The summed E-state index contributed by atoms with van der Waals surface area (Å²) in [5, 5.41) is 7.97. The molecule has 1 aromatic heterocycles. The van der Waals surface area contributed by atoms with E-state index in [0.717, 1.165) is 10.6 Å². The fourth-order valence-electron chi connectivity index (χ4n) is 3.55. The van der Waals surface area contributed by atoms with E-state index in [4.69, 9.17) is 4.74 Å². The lowest BCUT2D eigenvalue weighted by molar-refractivity contribution is -0.119. The third-order valence-corrected chi connectivity index (χ3v) is 6.06. The van der Waals surface area contributed by atoms with Gasteiger partial charge < -0.3 is 15.4 Å². The molecule has 34 heavy (non-hydrogen) atoms. The fraction of sp³-hybridized carbons (Fsp3) is 0.250. The van der Waals surface area contributed by atoms with Crippen LogP contribution in [0.2, 0.25) is 0 Å². The Morgan fingerprint density at radius 3 is 2.62 bits per heavy atom. The van der Waals surface area contributed by atoms with E-state index >= 15 is 0 Å². The van der Waals surface area contributed by atoms with E-state index in [1.165, 1.54) is 29.2 Å². The molecule has 2 heterocycles. The molecule has 3 aromatic rings. The topological polar surface area (TPSA) is 101 Å². The van der Waals surface area contributed by atoms with E-state index in [1.807, 2.05) is 19.1 Å². The van der Waals surface area contributed by atoms with Gasteiger partial charge in [0.25, 0.3) is 5.91 Å². The summed E-state index contributed by atoms with van der Waals surface area (Å²) in [5.41, 5.74) is 2.70. The molecule has 0 radical (unpaired) electrons. The van der Waals surface area contributed by atoms with Crippen molar-refractivity contribution in [2.24, 2.45) is 0 Å².